The number of aromatic nitrogens is 6. The van der Waals surface area contributed by atoms with E-state index in [0.29, 0.717) is 89.5 Å². The van der Waals surface area contributed by atoms with Gasteiger partial charge in [0.05, 0.1) is 31.2 Å². The van der Waals surface area contributed by atoms with Crippen molar-refractivity contribution >= 4 is 91.7 Å². The molecule has 0 atom stereocenters. The molecule has 70 heavy (non-hydrogen) atoms. The van der Waals surface area contributed by atoms with Gasteiger partial charge in [0.15, 0.2) is 0 Å². The summed E-state index contributed by atoms with van der Waals surface area (Å²) in [5, 5.41) is 9.40. The monoisotopic (exact) mass is 1020 g/mol. The smallest absolute Gasteiger partial charge is 0.259 e. The van der Waals surface area contributed by atoms with Crippen molar-refractivity contribution in [3.63, 3.8) is 0 Å². The molecule has 8 aromatic rings. The van der Waals surface area contributed by atoms with Crippen LogP contribution in [0, 0.1) is 0 Å². The topological polar surface area (TPSA) is 145 Å². The number of anilines is 4. The predicted molar refractivity (Wildman–Crippen MR) is 286 cm³/mol. The van der Waals surface area contributed by atoms with Gasteiger partial charge in [0.1, 0.15) is 36.0 Å². The molecule has 4 heterocycles. The molecule has 0 aliphatic heterocycles. The normalized spacial score (nSPS) is 11.3. The van der Waals surface area contributed by atoms with Crippen molar-refractivity contribution in [2.24, 2.45) is 14.1 Å². The third-order valence-corrected chi connectivity index (χ3v) is 13.0. The van der Waals surface area contributed by atoms with E-state index in [1.165, 1.54) is 9.13 Å². The van der Waals surface area contributed by atoms with E-state index in [9.17, 15) is 9.59 Å². The fourth-order valence-corrected chi connectivity index (χ4v) is 8.88. The van der Waals surface area contributed by atoms with Gasteiger partial charge in [-0.15, -0.1) is 0 Å². The van der Waals surface area contributed by atoms with Crippen LogP contribution in [0.3, 0.4) is 0 Å². The van der Waals surface area contributed by atoms with Crippen LogP contribution in [0.25, 0.3) is 44.3 Å². The van der Waals surface area contributed by atoms with Crippen molar-refractivity contribution in [2.45, 2.75) is 27.7 Å². The third kappa shape index (κ3) is 12.4. The second kappa shape index (κ2) is 24.0. The minimum absolute atomic E-state index is 0.247. The van der Waals surface area contributed by atoms with E-state index in [1.54, 1.807) is 75.0 Å². The van der Waals surface area contributed by atoms with E-state index in [-0.39, 0.29) is 11.1 Å². The number of aryl methyl sites for hydroxylation is 2. The summed E-state index contributed by atoms with van der Waals surface area (Å²) in [5.41, 5.74) is 3.92. The molecule has 0 radical (unpaired) electrons. The molecule has 0 aliphatic carbocycles. The second-order valence-electron chi connectivity index (χ2n) is 16.0. The number of halogens is 4. The Morgan fingerprint density at radius 2 is 0.871 bits per heavy atom. The minimum Gasteiger partial charge on any atom is -0.492 e. The fourth-order valence-electron chi connectivity index (χ4n) is 7.67. The Balaban J connectivity index is 0.000000206. The summed E-state index contributed by atoms with van der Waals surface area (Å²) >= 11 is 25.3. The zero-order valence-electron chi connectivity index (χ0n) is 39.8. The first kappa shape index (κ1) is 51.6. The lowest BCUT2D eigenvalue weighted by molar-refractivity contribution is 0.223. The second-order valence-corrected chi connectivity index (χ2v) is 17.7. The molecule has 14 nitrogen and oxygen atoms in total. The van der Waals surface area contributed by atoms with Crippen LogP contribution in [0.5, 0.6) is 11.5 Å². The largest absolute Gasteiger partial charge is 0.492 e. The highest BCUT2D eigenvalue weighted by Gasteiger charge is 2.18. The van der Waals surface area contributed by atoms with Crippen LogP contribution in [-0.2, 0) is 14.1 Å². The van der Waals surface area contributed by atoms with Gasteiger partial charge in [-0.1, -0.05) is 86.2 Å². The van der Waals surface area contributed by atoms with E-state index in [1.807, 2.05) is 48.5 Å². The number of likely N-dealkylation sites (N-methyl/N-ethyl adjacent to an activating group) is 2. The molecular weight excluding hydrogens is 970 g/mol. The van der Waals surface area contributed by atoms with Crippen molar-refractivity contribution in [3.8, 4) is 33.8 Å². The molecule has 0 bridgehead atoms. The number of nitrogens with one attached hydrogen (secondary N) is 2. The molecule has 0 saturated carbocycles. The number of nitrogens with zero attached hydrogens (tertiary/aromatic N) is 8. The summed E-state index contributed by atoms with van der Waals surface area (Å²) in [7, 11) is 3.33. The molecule has 0 unspecified atom stereocenters. The Bertz CT molecular complexity index is 2940. The van der Waals surface area contributed by atoms with E-state index in [2.05, 4.69) is 68.1 Å². The number of hydrogen-bond donors (Lipinski definition) is 2. The van der Waals surface area contributed by atoms with Gasteiger partial charge in [-0.3, -0.25) is 18.7 Å². The van der Waals surface area contributed by atoms with Crippen LogP contribution in [0.15, 0.2) is 119 Å². The quantitative estimate of drug-likeness (QED) is 0.0844. The molecule has 364 valence electrons. The van der Waals surface area contributed by atoms with Gasteiger partial charge in [-0.05, 0) is 111 Å². The highest BCUT2D eigenvalue weighted by atomic mass is 35.5. The SMILES string of the molecule is CCN(CC)CCOc1ccc(Nc2ncc3cc(-c4c(Cl)cccc4Cl)c(=O)n(C)c3n2)cc1.CCN(CC)CCOc1ccc(Nc2ncc3cc(-c4c(Cl)cccc4Cl)c(=O)n(C)c3n2)cc1. The van der Waals surface area contributed by atoms with E-state index >= 15 is 0 Å². The first-order chi connectivity index (χ1) is 33.8. The van der Waals surface area contributed by atoms with E-state index < -0.39 is 0 Å². The van der Waals surface area contributed by atoms with Gasteiger partial charge in [0.2, 0.25) is 11.9 Å². The van der Waals surface area contributed by atoms with Gasteiger partial charge < -0.3 is 29.9 Å². The molecule has 0 saturated heterocycles. The molecule has 18 heteroatoms. The number of rotatable bonds is 18. The fraction of sp³-hybridized carbons (Fsp3) is 0.269. The van der Waals surface area contributed by atoms with Crippen molar-refractivity contribution in [2.75, 3.05) is 63.1 Å². The highest BCUT2D eigenvalue weighted by Crippen LogP contribution is 2.35. The third-order valence-electron chi connectivity index (χ3n) is 11.7. The van der Waals surface area contributed by atoms with Gasteiger partial charge >= 0.3 is 0 Å². The first-order valence-corrected chi connectivity index (χ1v) is 24.4. The molecule has 4 aromatic carbocycles. The highest BCUT2D eigenvalue weighted by molar-refractivity contribution is 6.40. The molecule has 4 aromatic heterocycles. The summed E-state index contributed by atoms with van der Waals surface area (Å²) in [6, 6.07) is 29.0. The zero-order valence-corrected chi connectivity index (χ0v) is 42.8. The Morgan fingerprint density at radius 1 is 0.529 bits per heavy atom. The van der Waals surface area contributed by atoms with Gasteiger partial charge in [-0.25, -0.2) is 9.97 Å². The standard InChI is InChI=1S/2C26H27Cl2N5O2/c2*1-4-33(5-2)13-14-35-19-11-9-18(10-12-19)30-26-29-16-17-15-20(25(34)32(3)24(17)31-26)23-21(27)7-6-8-22(23)28/h2*6-12,15-16H,4-5,13-14H2,1-3H3,(H,29,30,31). The molecule has 2 N–H and O–H groups in total. The number of pyridine rings is 2. The van der Waals surface area contributed by atoms with Gasteiger partial charge in [0, 0.05) is 72.9 Å². The minimum atomic E-state index is -0.247. The van der Waals surface area contributed by atoms with Crippen LogP contribution in [0.1, 0.15) is 27.7 Å². The Labute approximate surface area is 426 Å². The van der Waals surface area contributed by atoms with Crippen molar-refractivity contribution < 1.29 is 9.47 Å². The molecule has 0 spiro atoms. The maximum Gasteiger partial charge on any atom is 0.259 e. The van der Waals surface area contributed by atoms with Gasteiger partial charge in [-0.2, -0.15) is 9.97 Å². The van der Waals surface area contributed by atoms with Crippen molar-refractivity contribution in [1.29, 1.82) is 0 Å². The maximum absolute atomic E-state index is 13.1. The Kier molecular flexibility index (Phi) is 17.7. The number of benzene rings is 4. The lowest BCUT2D eigenvalue weighted by Crippen LogP contribution is -2.27. The Morgan fingerprint density at radius 3 is 1.20 bits per heavy atom. The van der Waals surface area contributed by atoms with Crippen LogP contribution in [0.4, 0.5) is 23.3 Å². The Hall–Kier alpha value is -6.26. The summed E-state index contributed by atoms with van der Waals surface area (Å²) in [4.78, 5) is 48.8. The number of fused-ring (bicyclic) bond motifs is 2. The number of hydrogen-bond acceptors (Lipinski definition) is 12. The molecular formula is C52H54Cl4N10O4. The summed E-state index contributed by atoms with van der Waals surface area (Å²) in [6.07, 6.45) is 3.34. The van der Waals surface area contributed by atoms with Crippen LogP contribution < -0.4 is 31.2 Å². The molecule has 8 rings (SSSR count). The van der Waals surface area contributed by atoms with Crippen molar-refractivity contribution in [1.82, 2.24) is 38.9 Å². The maximum atomic E-state index is 13.1. The van der Waals surface area contributed by atoms with Gasteiger partial charge in [0.25, 0.3) is 11.1 Å². The van der Waals surface area contributed by atoms with Crippen molar-refractivity contribution in [3.05, 3.63) is 150 Å². The number of ether oxygens (including phenoxy) is 2. The lowest BCUT2D eigenvalue weighted by Gasteiger charge is -2.18. The molecule has 0 fully saturated rings. The van der Waals surface area contributed by atoms with E-state index in [4.69, 9.17) is 55.9 Å². The zero-order chi connectivity index (χ0) is 49.9. The average molecular weight is 1020 g/mol. The molecule has 0 aliphatic rings. The lowest BCUT2D eigenvalue weighted by atomic mass is 10.1. The van der Waals surface area contributed by atoms with Crippen LogP contribution >= 0.6 is 46.4 Å². The average Bonchev–Trinajstić information content (AvgIpc) is 3.36. The summed E-state index contributed by atoms with van der Waals surface area (Å²) < 4.78 is 14.6. The summed E-state index contributed by atoms with van der Waals surface area (Å²) in [6.45, 7) is 15.7. The summed E-state index contributed by atoms with van der Waals surface area (Å²) in [5.74, 6) is 2.36. The van der Waals surface area contributed by atoms with Crippen LogP contribution in [-0.4, -0.2) is 91.4 Å². The van der Waals surface area contributed by atoms with E-state index in [0.717, 1.165) is 62.1 Å². The predicted octanol–water partition coefficient (Wildman–Crippen LogP) is 11.5. The van der Waals surface area contributed by atoms with Crippen LogP contribution in [0.2, 0.25) is 20.1 Å². The first-order valence-electron chi connectivity index (χ1n) is 22.9. The molecule has 0 amide bonds.